The molecule has 0 bridgehead atoms. The summed E-state index contributed by atoms with van der Waals surface area (Å²) < 4.78 is 13.2. The minimum absolute atomic E-state index is 0.112. The first-order chi connectivity index (χ1) is 7.20. The second kappa shape index (κ2) is 6.36. The lowest BCUT2D eigenvalue weighted by molar-refractivity contribution is 0.598. The standard InChI is InChI=1S/C13H18FN/c1-11(2)7-9-15-10-8-12-5-3-4-6-13(12)14/h3-6,15H,1,7-10H2,2H3. The van der Waals surface area contributed by atoms with E-state index in [1.807, 2.05) is 19.1 Å². The highest BCUT2D eigenvalue weighted by Gasteiger charge is 1.99. The average Bonchev–Trinajstić information content (AvgIpc) is 2.20. The van der Waals surface area contributed by atoms with Crippen molar-refractivity contribution >= 4 is 0 Å². The van der Waals surface area contributed by atoms with Gasteiger partial charge in [-0.1, -0.05) is 23.8 Å². The number of halogens is 1. The highest BCUT2D eigenvalue weighted by Crippen LogP contribution is 2.06. The summed E-state index contributed by atoms with van der Waals surface area (Å²) in [7, 11) is 0. The van der Waals surface area contributed by atoms with Crippen LogP contribution in [-0.2, 0) is 6.42 Å². The molecular formula is C13H18FN. The first kappa shape index (κ1) is 11.9. The van der Waals surface area contributed by atoms with Gasteiger partial charge in [0, 0.05) is 0 Å². The van der Waals surface area contributed by atoms with Crippen LogP contribution in [0.4, 0.5) is 4.39 Å². The van der Waals surface area contributed by atoms with Crippen molar-refractivity contribution in [2.24, 2.45) is 0 Å². The van der Waals surface area contributed by atoms with Gasteiger partial charge >= 0.3 is 0 Å². The second-order valence-corrected chi connectivity index (χ2v) is 3.80. The maximum Gasteiger partial charge on any atom is 0.126 e. The van der Waals surface area contributed by atoms with Crippen molar-refractivity contribution in [3.05, 3.63) is 47.8 Å². The van der Waals surface area contributed by atoms with Crippen LogP contribution < -0.4 is 5.32 Å². The number of hydrogen-bond donors (Lipinski definition) is 1. The van der Waals surface area contributed by atoms with E-state index in [9.17, 15) is 4.39 Å². The topological polar surface area (TPSA) is 12.0 Å². The molecule has 1 rings (SSSR count). The molecule has 15 heavy (non-hydrogen) atoms. The third kappa shape index (κ3) is 4.75. The van der Waals surface area contributed by atoms with E-state index in [1.54, 1.807) is 6.07 Å². The summed E-state index contributed by atoms with van der Waals surface area (Å²) in [4.78, 5) is 0. The number of benzene rings is 1. The van der Waals surface area contributed by atoms with E-state index in [0.29, 0.717) is 0 Å². The molecule has 0 fully saturated rings. The molecule has 0 aliphatic heterocycles. The Balaban J connectivity index is 2.21. The van der Waals surface area contributed by atoms with Crippen molar-refractivity contribution in [2.75, 3.05) is 13.1 Å². The summed E-state index contributed by atoms with van der Waals surface area (Å²) in [5.74, 6) is -0.112. The van der Waals surface area contributed by atoms with Gasteiger partial charge in [0.25, 0.3) is 0 Å². The van der Waals surface area contributed by atoms with Crippen molar-refractivity contribution < 1.29 is 4.39 Å². The highest BCUT2D eigenvalue weighted by molar-refractivity contribution is 5.17. The number of hydrogen-bond acceptors (Lipinski definition) is 1. The normalized spacial score (nSPS) is 10.3. The molecule has 82 valence electrons. The molecule has 0 radical (unpaired) electrons. The molecule has 1 N–H and O–H groups in total. The fourth-order valence-electron chi connectivity index (χ4n) is 1.35. The van der Waals surface area contributed by atoms with Crippen LogP contribution >= 0.6 is 0 Å². The molecule has 0 aromatic heterocycles. The zero-order valence-electron chi connectivity index (χ0n) is 9.22. The van der Waals surface area contributed by atoms with E-state index < -0.39 is 0 Å². The van der Waals surface area contributed by atoms with E-state index in [4.69, 9.17) is 0 Å². The molecule has 0 spiro atoms. The van der Waals surface area contributed by atoms with Gasteiger partial charge in [-0.3, -0.25) is 0 Å². The molecule has 0 heterocycles. The number of rotatable bonds is 6. The van der Waals surface area contributed by atoms with Gasteiger partial charge in [-0.15, -0.1) is 6.58 Å². The minimum Gasteiger partial charge on any atom is -0.316 e. The molecule has 0 saturated heterocycles. The average molecular weight is 207 g/mol. The van der Waals surface area contributed by atoms with Gasteiger partial charge in [-0.05, 0) is 44.5 Å². The van der Waals surface area contributed by atoms with Crippen molar-refractivity contribution in [3.8, 4) is 0 Å². The van der Waals surface area contributed by atoms with Gasteiger partial charge in [-0.2, -0.15) is 0 Å². The van der Waals surface area contributed by atoms with Crippen LogP contribution in [0.1, 0.15) is 18.9 Å². The van der Waals surface area contributed by atoms with E-state index in [0.717, 1.165) is 31.5 Å². The zero-order chi connectivity index (χ0) is 11.1. The van der Waals surface area contributed by atoms with Crippen LogP contribution in [0.25, 0.3) is 0 Å². The quantitative estimate of drug-likeness (QED) is 0.558. The summed E-state index contributed by atoms with van der Waals surface area (Å²) in [5.41, 5.74) is 1.95. The Morgan fingerprint density at radius 2 is 2.07 bits per heavy atom. The molecule has 1 aromatic carbocycles. The molecule has 0 aliphatic carbocycles. The van der Waals surface area contributed by atoms with Crippen LogP contribution in [0.2, 0.25) is 0 Å². The van der Waals surface area contributed by atoms with Crippen molar-refractivity contribution in [1.82, 2.24) is 5.32 Å². The highest BCUT2D eigenvalue weighted by atomic mass is 19.1. The third-order valence-corrected chi connectivity index (χ3v) is 2.26. The first-order valence-corrected chi connectivity index (χ1v) is 5.28. The molecular weight excluding hydrogens is 189 g/mol. The van der Waals surface area contributed by atoms with Crippen LogP contribution in [0, 0.1) is 5.82 Å². The van der Waals surface area contributed by atoms with E-state index in [-0.39, 0.29) is 5.82 Å². The van der Waals surface area contributed by atoms with Crippen LogP contribution in [0.3, 0.4) is 0 Å². The van der Waals surface area contributed by atoms with Crippen molar-refractivity contribution in [2.45, 2.75) is 19.8 Å². The largest absolute Gasteiger partial charge is 0.316 e. The fraction of sp³-hybridized carbons (Fsp3) is 0.385. The van der Waals surface area contributed by atoms with E-state index >= 15 is 0 Å². The van der Waals surface area contributed by atoms with Gasteiger partial charge < -0.3 is 5.32 Å². The Bertz CT molecular complexity index is 320. The summed E-state index contributed by atoms with van der Waals surface area (Å²) in [6.45, 7) is 7.57. The molecule has 0 amide bonds. The van der Waals surface area contributed by atoms with Gasteiger partial charge in [0.1, 0.15) is 5.82 Å². The van der Waals surface area contributed by atoms with Crippen LogP contribution in [-0.4, -0.2) is 13.1 Å². The Labute approximate surface area is 91.0 Å². The van der Waals surface area contributed by atoms with E-state index in [1.165, 1.54) is 11.6 Å². The summed E-state index contributed by atoms with van der Waals surface area (Å²) in [6.07, 6.45) is 1.72. The Hall–Kier alpha value is -1.15. The lowest BCUT2D eigenvalue weighted by atomic mass is 10.1. The van der Waals surface area contributed by atoms with Gasteiger partial charge in [-0.25, -0.2) is 4.39 Å². The molecule has 0 unspecified atom stereocenters. The monoisotopic (exact) mass is 207 g/mol. The van der Waals surface area contributed by atoms with Crippen molar-refractivity contribution in [3.63, 3.8) is 0 Å². The summed E-state index contributed by atoms with van der Waals surface area (Å²) >= 11 is 0. The Morgan fingerprint density at radius 3 is 2.73 bits per heavy atom. The maximum atomic E-state index is 13.2. The maximum absolute atomic E-state index is 13.2. The third-order valence-electron chi connectivity index (χ3n) is 2.26. The zero-order valence-corrected chi connectivity index (χ0v) is 9.22. The van der Waals surface area contributed by atoms with Gasteiger partial charge in [0.05, 0.1) is 0 Å². The van der Waals surface area contributed by atoms with Crippen LogP contribution in [0.15, 0.2) is 36.4 Å². The lowest BCUT2D eigenvalue weighted by Crippen LogP contribution is -2.19. The minimum atomic E-state index is -0.112. The second-order valence-electron chi connectivity index (χ2n) is 3.80. The van der Waals surface area contributed by atoms with E-state index in [2.05, 4.69) is 11.9 Å². The molecule has 1 nitrogen and oxygen atoms in total. The Kier molecular flexibility index (Phi) is 5.05. The predicted molar refractivity (Wildman–Crippen MR) is 62.4 cm³/mol. The number of nitrogens with one attached hydrogen (secondary N) is 1. The predicted octanol–water partition coefficient (Wildman–Crippen LogP) is 2.92. The summed E-state index contributed by atoms with van der Waals surface area (Å²) in [6, 6.07) is 6.92. The van der Waals surface area contributed by atoms with Gasteiger partial charge in [0.2, 0.25) is 0 Å². The smallest absolute Gasteiger partial charge is 0.126 e. The fourth-order valence-corrected chi connectivity index (χ4v) is 1.35. The molecule has 0 atom stereocenters. The SMILES string of the molecule is C=C(C)CCNCCc1ccccc1F. The van der Waals surface area contributed by atoms with Crippen molar-refractivity contribution in [1.29, 1.82) is 0 Å². The Morgan fingerprint density at radius 1 is 1.33 bits per heavy atom. The van der Waals surface area contributed by atoms with Crippen LogP contribution in [0.5, 0.6) is 0 Å². The summed E-state index contributed by atoms with van der Waals surface area (Å²) in [5, 5.41) is 3.26. The molecule has 1 aromatic rings. The molecule has 2 heteroatoms. The van der Waals surface area contributed by atoms with Gasteiger partial charge in [0.15, 0.2) is 0 Å². The first-order valence-electron chi connectivity index (χ1n) is 5.28. The molecule has 0 saturated carbocycles. The molecule has 0 aliphatic rings. The lowest BCUT2D eigenvalue weighted by Gasteiger charge is -2.05.